The van der Waals surface area contributed by atoms with Crippen LogP contribution in [0.5, 0.6) is 0 Å². The van der Waals surface area contributed by atoms with Crippen LogP contribution in [0.1, 0.15) is 10.4 Å². The van der Waals surface area contributed by atoms with Crippen LogP contribution >= 0.6 is 7.26 Å². The van der Waals surface area contributed by atoms with Crippen LogP contribution in [0.25, 0.3) is 12.4 Å². The first-order chi connectivity index (χ1) is 15.3. The highest BCUT2D eigenvalue weighted by atomic mass is 79.9. The highest BCUT2D eigenvalue weighted by molar-refractivity contribution is 8.08. The zero-order valence-corrected chi connectivity index (χ0v) is 19.8. The third-order valence-corrected chi connectivity index (χ3v) is 9.69. The van der Waals surface area contributed by atoms with Gasteiger partial charge in [-0.3, -0.25) is 0 Å². The largest absolute Gasteiger partial charge is 1.00 e. The Kier molecular flexibility index (Phi) is 6.55. The van der Waals surface area contributed by atoms with Crippen LogP contribution < -0.4 is 54.2 Å². The van der Waals surface area contributed by atoms with Crippen LogP contribution in [-0.4, -0.2) is 5.52 Å². The van der Waals surface area contributed by atoms with Crippen molar-refractivity contribution in [2.45, 2.75) is 0 Å². The molecule has 0 saturated heterocycles. The van der Waals surface area contributed by atoms with Crippen molar-refractivity contribution < 1.29 is 21.8 Å². The Balaban J connectivity index is 0.00000245. The van der Waals surface area contributed by atoms with Gasteiger partial charge in [0.05, 0.1) is 5.56 Å². The summed E-state index contributed by atoms with van der Waals surface area (Å²) in [6.45, 7) is 0. The molecule has 2 N–H and O–H groups in total. The highest BCUT2D eigenvalue weighted by Crippen LogP contribution is 2.57. The van der Waals surface area contributed by atoms with Crippen LogP contribution in [0.3, 0.4) is 0 Å². The minimum atomic E-state index is -2.60. The van der Waals surface area contributed by atoms with Gasteiger partial charge in [-0.25, -0.2) is 4.79 Å². The minimum Gasteiger partial charge on any atom is -1.00 e. The minimum absolute atomic E-state index is 0. The van der Waals surface area contributed by atoms with Gasteiger partial charge in [0.15, 0.2) is 7.26 Å². The molecule has 4 aromatic rings. The van der Waals surface area contributed by atoms with E-state index >= 15 is 0 Å². The molecule has 1 aliphatic rings. The number of halogens is 1. The Morgan fingerprint density at radius 3 is 1.47 bits per heavy atom. The second kappa shape index (κ2) is 9.52. The standard InChI is InChI=1S/C27H21N2OP.BrH/c30-27(21-16-17-22-19-28-29-20-23(22)18-21)31(24-10-4-1-5-11-24,25-12-6-2-7-13-25)26-14-8-3-9-15-26;/h1-20,28H;1H. The molecule has 5 heteroatoms. The predicted molar refractivity (Wildman–Crippen MR) is 130 cm³/mol. The van der Waals surface area contributed by atoms with Crippen LogP contribution in [0.4, 0.5) is 0 Å². The van der Waals surface area contributed by atoms with Crippen molar-refractivity contribution >= 4 is 41.1 Å². The molecule has 3 nitrogen and oxygen atoms in total. The molecule has 0 atom stereocenters. The molecule has 0 unspecified atom stereocenters. The summed E-state index contributed by atoms with van der Waals surface area (Å²) in [4.78, 5) is 14.5. The summed E-state index contributed by atoms with van der Waals surface area (Å²) in [5.74, 6) is 0. The Bertz CT molecular complexity index is 1250. The predicted octanol–water partition coefficient (Wildman–Crippen LogP) is -0.591. The van der Waals surface area contributed by atoms with Crippen molar-refractivity contribution in [3.63, 3.8) is 0 Å². The maximum atomic E-state index is 14.5. The molecule has 0 saturated carbocycles. The summed E-state index contributed by atoms with van der Waals surface area (Å²) in [5, 5.41) is 5.23. The van der Waals surface area contributed by atoms with Gasteiger partial charge in [-0.1, -0.05) is 60.7 Å². The third kappa shape index (κ3) is 3.77. The van der Waals surface area contributed by atoms with Crippen molar-refractivity contribution in [1.29, 1.82) is 0 Å². The monoisotopic (exact) mass is 500 g/mol. The first-order valence-electron chi connectivity index (χ1n) is 10.2. The molecule has 1 aliphatic heterocycles. The Morgan fingerprint density at radius 2 is 1.00 bits per heavy atom. The normalized spacial score (nSPS) is 12.0. The van der Waals surface area contributed by atoms with Crippen LogP contribution in [0.15, 0.2) is 109 Å². The number of carbonyl (C=O) groups excluding carboxylic acids is 1. The molecule has 0 aliphatic carbocycles. The van der Waals surface area contributed by atoms with E-state index < -0.39 is 7.26 Å². The molecular weight excluding hydrogens is 479 g/mol. The summed E-state index contributed by atoms with van der Waals surface area (Å²) in [6, 6.07) is 36.6. The lowest BCUT2D eigenvalue weighted by Crippen LogP contribution is -3.00. The number of nitrogens with one attached hydrogen (secondary N) is 2. The Hall–Kier alpha value is -3.20. The van der Waals surface area contributed by atoms with Gasteiger partial charge in [-0.05, 0) is 48.5 Å². The number of hydrogen-bond donors (Lipinski definition) is 2. The van der Waals surface area contributed by atoms with Crippen LogP contribution in [0.2, 0.25) is 0 Å². The quantitative estimate of drug-likeness (QED) is 0.360. The molecule has 0 radical (unpaired) electrons. The van der Waals surface area contributed by atoms with Gasteiger partial charge in [-0.2, -0.15) is 0 Å². The van der Waals surface area contributed by atoms with Crippen molar-refractivity contribution in [2.75, 3.05) is 0 Å². The van der Waals surface area contributed by atoms with Gasteiger partial charge < -0.3 is 27.8 Å². The summed E-state index contributed by atoms with van der Waals surface area (Å²) in [7, 11) is -2.60. The zero-order valence-electron chi connectivity index (χ0n) is 17.3. The number of rotatable bonds is 5. The maximum absolute atomic E-state index is 14.5. The van der Waals surface area contributed by atoms with Gasteiger partial charge >= 0.3 is 5.52 Å². The highest BCUT2D eigenvalue weighted by Gasteiger charge is 2.53. The summed E-state index contributed by atoms with van der Waals surface area (Å²) in [6.07, 6.45) is 3.79. The second-order valence-electron chi connectivity index (χ2n) is 7.40. The van der Waals surface area contributed by atoms with E-state index in [2.05, 4.69) is 47.2 Å². The second-order valence-corrected chi connectivity index (χ2v) is 10.7. The number of benzene rings is 4. The summed E-state index contributed by atoms with van der Waals surface area (Å²) >= 11 is 0. The fraction of sp³-hybridized carbons (Fsp3) is 0. The topological polar surface area (TPSA) is 41.1 Å². The molecule has 32 heavy (non-hydrogen) atoms. The SMILES string of the molecule is O=C(c1ccc2c(c1)=CNNC=2)[P+](c1ccccc1)(c1ccccc1)c1ccccc1.[Br-]. The first-order valence-corrected chi connectivity index (χ1v) is 12.0. The lowest BCUT2D eigenvalue weighted by Gasteiger charge is -2.25. The summed E-state index contributed by atoms with van der Waals surface area (Å²) < 4.78 is 0. The maximum Gasteiger partial charge on any atom is 0.313 e. The van der Waals surface area contributed by atoms with E-state index in [0.29, 0.717) is 0 Å². The van der Waals surface area contributed by atoms with E-state index in [0.717, 1.165) is 31.9 Å². The van der Waals surface area contributed by atoms with E-state index in [9.17, 15) is 4.79 Å². The van der Waals surface area contributed by atoms with Crippen LogP contribution in [0, 0.1) is 0 Å². The van der Waals surface area contributed by atoms with Gasteiger partial charge in [-0.15, -0.1) is 0 Å². The lowest BCUT2D eigenvalue weighted by molar-refractivity contribution is -0.0000127. The molecule has 0 bridgehead atoms. The van der Waals surface area contributed by atoms with E-state index in [4.69, 9.17) is 0 Å². The zero-order chi connectivity index (χ0) is 21.1. The Labute approximate surface area is 198 Å². The van der Waals surface area contributed by atoms with Crippen molar-refractivity contribution in [3.8, 4) is 0 Å². The number of fused-ring (bicyclic) bond motifs is 1. The van der Waals surface area contributed by atoms with Crippen molar-refractivity contribution in [3.05, 3.63) is 125 Å². The van der Waals surface area contributed by atoms with E-state index in [1.165, 1.54) is 0 Å². The number of carbonyl (C=O) groups is 1. The molecule has 5 rings (SSSR count). The average Bonchev–Trinajstić information content (AvgIpc) is 2.86. The Morgan fingerprint density at radius 1 is 0.562 bits per heavy atom. The van der Waals surface area contributed by atoms with Crippen molar-refractivity contribution in [1.82, 2.24) is 10.9 Å². The van der Waals surface area contributed by atoms with E-state index in [1.807, 2.05) is 85.2 Å². The van der Waals surface area contributed by atoms with Gasteiger partial charge in [0.25, 0.3) is 0 Å². The number of hydrogen-bond acceptors (Lipinski definition) is 3. The smallest absolute Gasteiger partial charge is 0.313 e. The fourth-order valence-electron chi connectivity index (χ4n) is 4.15. The van der Waals surface area contributed by atoms with Crippen LogP contribution in [-0.2, 0) is 0 Å². The molecule has 0 aromatic heterocycles. The fourth-order valence-corrected chi connectivity index (χ4v) is 8.13. The van der Waals surface area contributed by atoms with Gasteiger partial charge in [0, 0.05) is 22.8 Å². The van der Waals surface area contributed by atoms with Crippen molar-refractivity contribution in [2.24, 2.45) is 0 Å². The average molecular weight is 501 g/mol. The van der Waals surface area contributed by atoms with Gasteiger partial charge in [0.1, 0.15) is 15.9 Å². The molecule has 0 spiro atoms. The van der Waals surface area contributed by atoms with E-state index in [1.54, 1.807) is 0 Å². The molecule has 4 aromatic carbocycles. The molecule has 0 fully saturated rings. The van der Waals surface area contributed by atoms with E-state index in [-0.39, 0.29) is 22.5 Å². The molecule has 158 valence electrons. The lowest BCUT2D eigenvalue weighted by atomic mass is 10.1. The summed E-state index contributed by atoms with van der Waals surface area (Å²) in [5.41, 5.74) is 6.87. The third-order valence-electron chi connectivity index (χ3n) is 5.61. The molecule has 0 amide bonds. The molecule has 1 heterocycles. The molecular formula is C27H22BrN2OP. The first kappa shape index (κ1) is 22.0. The number of hydrazine groups is 1. The van der Waals surface area contributed by atoms with Gasteiger partial charge in [0.2, 0.25) is 0 Å².